The first-order valence-corrected chi connectivity index (χ1v) is 11.1. The normalized spacial score (nSPS) is 18.2. The topological polar surface area (TPSA) is 38.8 Å². The Morgan fingerprint density at radius 1 is 0.966 bits per heavy atom. The fourth-order valence-corrected chi connectivity index (χ4v) is 4.99. The summed E-state index contributed by atoms with van der Waals surface area (Å²) in [5.41, 5.74) is 1.14. The Bertz CT molecular complexity index is 1050. The van der Waals surface area contributed by atoms with E-state index in [1.807, 2.05) is 29.2 Å². The van der Waals surface area contributed by atoms with Gasteiger partial charge in [-0.15, -0.1) is 11.8 Å². The van der Waals surface area contributed by atoms with Crippen LogP contribution in [0.15, 0.2) is 65.6 Å². The number of thioether (sulfide) groups is 1. The minimum atomic E-state index is 0.121. The average Bonchev–Trinajstić information content (AvgIpc) is 3.27. The number of nitrogens with zero attached hydrogens (tertiary/aromatic N) is 1. The standard InChI is InChI=1S/C24H23NO3S/c26-24(16-29-20-9-7-17-4-1-2-5-18(17)14-20)25-11-3-6-21(25)19-8-10-22-23(15-19)28-13-12-27-22/h1-2,4-5,7-10,14-15,21H,3,6,11-13,16H2/t21-/m1/s1. The predicted octanol–water partition coefficient (Wildman–Crippen LogP) is 5.07. The smallest absolute Gasteiger partial charge is 0.233 e. The molecule has 1 fully saturated rings. The molecular formula is C24H23NO3S. The van der Waals surface area contributed by atoms with Crippen molar-refractivity contribution < 1.29 is 14.3 Å². The summed E-state index contributed by atoms with van der Waals surface area (Å²) < 4.78 is 11.4. The van der Waals surface area contributed by atoms with Crippen LogP contribution in [0.2, 0.25) is 0 Å². The van der Waals surface area contributed by atoms with Crippen molar-refractivity contribution in [2.75, 3.05) is 25.5 Å². The van der Waals surface area contributed by atoms with Crippen LogP contribution < -0.4 is 9.47 Å². The van der Waals surface area contributed by atoms with Crippen molar-refractivity contribution in [3.63, 3.8) is 0 Å². The third kappa shape index (κ3) is 3.79. The Hall–Kier alpha value is -2.66. The molecule has 2 aliphatic rings. The van der Waals surface area contributed by atoms with E-state index in [0.29, 0.717) is 19.0 Å². The Labute approximate surface area is 174 Å². The second-order valence-corrected chi connectivity index (χ2v) is 8.49. The molecule has 29 heavy (non-hydrogen) atoms. The van der Waals surface area contributed by atoms with Gasteiger partial charge in [0.25, 0.3) is 0 Å². The lowest BCUT2D eigenvalue weighted by Gasteiger charge is -2.26. The number of hydrogen-bond donors (Lipinski definition) is 0. The van der Waals surface area contributed by atoms with E-state index in [1.165, 1.54) is 10.8 Å². The summed E-state index contributed by atoms with van der Waals surface area (Å²) in [6, 6.07) is 20.9. The van der Waals surface area contributed by atoms with Crippen molar-refractivity contribution in [1.29, 1.82) is 0 Å². The van der Waals surface area contributed by atoms with Gasteiger partial charge in [0.2, 0.25) is 5.91 Å². The molecule has 2 aliphatic heterocycles. The Kier molecular flexibility index (Phi) is 5.06. The van der Waals surface area contributed by atoms with Gasteiger partial charge in [-0.1, -0.05) is 36.4 Å². The van der Waals surface area contributed by atoms with Gasteiger partial charge in [-0.25, -0.2) is 0 Å². The van der Waals surface area contributed by atoms with E-state index in [1.54, 1.807) is 11.8 Å². The van der Waals surface area contributed by atoms with Crippen LogP contribution in [-0.2, 0) is 4.79 Å². The van der Waals surface area contributed by atoms with E-state index in [9.17, 15) is 4.79 Å². The maximum atomic E-state index is 13.0. The quantitative estimate of drug-likeness (QED) is 0.568. The lowest BCUT2D eigenvalue weighted by Crippen LogP contribution is -2.32. The second-order valence-electron chi connectivity index (χ2n) is 7.45. The first-order chi connectivity index (χ1) is 14.3. The summed E-state index contributed by atoms with van der Waals surface area (Å²) in [5.74, 6) is 2.24. The molecule has 0 spiro atoms. The third-order valence-corrected chi connectivity index (χ3v) is 6.59. The van der Waals surface area contributed by atoms with Crippen LogP contribution in [0.1, 0.15) is 24.4 Å². The predicted molar refractivity (Wildman–Crippen MR) is 116 cm³/mol. The minimum absolute atomic E-state index is 0.121. The van der Waals surface area contributed by atoms with Gasteiger partial charge >= 0.3 is 0 Å². The summed E-state index contributed by atoms with van der Waals surface area (Å²) in [6.45, 7) is 1.98. The molecule has 1 amide bonds. The molecule has 2 heterocycles. The van der Waals surface area contributed by atoms with Gasteiger partial charge in [-0.05, 0) is 53.4 Å². The molecular weight excluding hydrogens is 382 g/mol. The number of rotatable bonds is 4. The number of hydrogen-bond acceptors (Lipinski definition) is 4. The Morgan fingerprint density at radius 2 is 1.79 bits per heavy atom. The van der Waals surface area contributed by atoms with Crippen LogP contribution in [0.25, 0.3) is 10.8 Å². The number of benzene rings is 3. The number of likely N-dealkylation sites (tertiary alicyclic amines) is 1. The zero-order valence-electron chi connectivity index (χ0n) is 16.2. The monoisotopic (exact) mass is 405 g/mol. The molecule has 1 atom stereocenters. The van der Waals surface area contributed by atoms with Gasteiger partial charge < -0.3 is 14.4 Å². The molecule has 0 radical (unpaired) electrons. The Morgan fingerprint density at radius 3 is 2.69 bits per heavy atom. The number of carbonyl (C=O) groups excluding carboxylic acids is 1. The lowest BCUT2D eigenvalue weighted by atomic mass is 10.0. The van der Waals surface area contributed by atoms with Crippen LogP contribution in [0, 0.1) is 0 Å². The number of amides is 1. The van der Waals surface area contributed by atoms with Gasteiger partial charge in [0.05, 0.1) is 11.8 Å². The summed E-state index contributed by atoms with van der Waals surface area (Å²) >= 11 is 1.61. The van der Waals surface area contributed by atoms with Crippen LogP contribution in [0.4, 0.5) is 0 Å². The van der Waals surface area contributed by atoms with E-state index < -0.39 is 0 Å². The number of ether oxygens (including phenoxy) is 2. The van der Waals surface area contributed by atoms with Gasteiger partial charge in [0, 0.05) is 11.4 Å². The highest BCUT2D eigenvalue weighted by atomic mass is 32.2. The highest BCUT2D eigenvalue weighted by Gasteiger charge is 2.30. The van der Waals surface area contributed by atoms with Crippen molar-refractivity contribution in [1.82, 2.24) is 4.90 Å². The largest absolute Gasteiger partial charge is 0.486 e. The van der Waals surface area contributed by atoms with E-state index in [4.69, 9.17) is 9.47 Å². The van der Waals surface area contributed by atoms with Crippen molar-refractivity contribution in [2.24, 2.45) is 0 Å². The van der Waals surface area contributed by atoms with Crippen LogP contribution in [-0.4, -0.2) is 36.3 Å². The second kappa shape index (κ2) is 7.99. The first kappa shape index (κ1) is 18.4. The highest BCUT2D eigenvalue weighted by Crippen LogP contribution is 2.38. The SMILES string of the molecule is O=C(CSc1ccc2ccccc2c1)N1CCC[C@@H]1c1ccc2c(c1)OCCO2. The molecule has 1 saturated heterocycles. The number of carbonyl (C=O) groups is 1. The molecule has 0 unspecified atom stereocenters. The summed E-state index contributed by atoms with van der Waals surface area (Å²) in [6.07, 6.45) is 2.03. The van der Waals surface area contributed by atoms with Crippen LogP contribution >= 0.6 is 11.8 Å². The average molecular weight is 406 g/mol. The van der Waals surface area contributed by atoms with Gasteiger partial charge in [-0.2, -0.15) is 0 Å². The molecule has 0 aliphatic carbocycles. The molecule has 0 aromatic heterocycles. The van der Waals surface area contributed by atoms with E-state index >= 15 is 0 Å². The zero-order valence-corrected chi connectivity index (χ0v) is 17.0. The van der Waals surface area contributed by atoms with Gasteiger partial charge in [0.15, 0.2) is 11.5 Å². The molecule has 4 nitrogen and oxygen atoms in total. The maximum absolute atomic E-state index is 13.0. The zero-order chi connectivity index (χ0) is 19.6. The summed E-state index contributed by atoms with van der Waals surface area (Å²) in [5, 5.41) is 2.43. The molecule has 3 aromatic rings. The molecule has 148 valence electrons. The fourth-order valence-electron chi connectivity index (χ4n) is 4.16. The van der Waals surface area contributed by atoms with Crippen molar-refractivity contribution in [3.8, 4) is 11.5 Å². The molecule has 0 N–H and O–H groups in total. The summed E-state index contributed by atoms with van der Waals surface area (Å²) in [4.78, 5) is 16.2. The lowest BCUT2D eigenvalue weighted by molar-refractivity contribution is -0.129. The minimum Gasteiger partial charge on any atom is -0.486 e. The fraction of sp³-hybridized carbons (Fsp3) is 0.292. The molecule has 5 rings (SSSR count). The van der Waals surface area contributed by atoms with Crippen LogP contribution in [0.3, 0.4) is 0 Å². The van der Waals surface area contributed by atoms with E-state index in [-0.39, 0.29) is 11.9 Å². The summed E-state index contributed by atoms with van der Waals surface area (Å²) in [7, 11) is 0. The van der Waals surface area contributed by atoms with Crippen LogP contribution in [0.5, 0.6) is 11.5 Å². The molecule has 0 bridgehead atoms. The van der Waals surface area contributed by atoms with Gasteiger partial charge in [-0.3, -0.25) is 4.79 Å². The van der Waals surface area contributed by atoms with Crippen molar-refractivity contribution >= 4 is 28.4 Å². The first-order valence-electron chi connectivity index (χ1n) is 10.1. The number of fused-ring (bicyclic) bond motifs is 2. The van der Waals surface area contributed by atoms with E-state index in [2.05, 4.69) is 36.4 Å². The highest BCUT2D eigenvalue weighted by molar-refractivity contribution is 8.00. The van der Waals surface area contributed by atoms with Crippen molar-refractivity contribution in [2.45, 2.75) is 23.8 Å². The third-order valence-electron chi connectivity index (χ3n) is 5.61. The van der Waals surface area contributed by atoms with Gasteiger partial charge in [0.1, 0.15) is 13.2 Å². The van der Waals surface area contributed by atoms with E-state index in [0.717, 1.165) is 41.3 Å². The van der Waals surface area contributed by atoms with Crippen molar-refractivity contribution in [3.05, 3.63) is 66.2 Å². The molecule has 3 aromatic carbocycles. The molecule has 0 saturated carbocycles. The Balaban J connectivity index is 1.28. The maximum Gasteiger partial charge on any atom is 0.233 e. The molecule has 5 heteroatoms.